The predicted octanol–water partition coefficient (Wildman–Crippen LogP) is 5.02. The molecule has 0 unspecified atom stereocenters. The predicted molar refractivity (Wildman–Crippen MR) is 107 cm³/mol. The van der Waals surface area contributed by atoms with Crippen molar-refractivity contribution in [1.29, 1.82) is 5.41 Å². The third kappa shape index (κ3) is 3.90. The third-order valence-corrected chi connectivity index (χ3v) is 4.35. The Bertz CT molecular complexity index is 898. The standard InChI is InChI=1S/C20H20F3N5/c1-3-27(4-2)15-12-10-14(11-13-15)25-17-18(20(21,22)23)26-28(19(17)24)16-8-6-5-7-9-16/h5-13,24H,3-4H2,1-2H3. The van der Waals surface area contributed by atoms with Crippen molar-refractivity contribution in [1.82, 2.24) is 0 Å². The van der Waals surface area contributed by atoms with Crippen LogP contribution in [0, 0.1) is 5.41 Å². The molecule has 5 nitrogen and oxygen atoms in total. The minimum Gasteiger partial charge on any atom is -0.372 e. The molecule has 1 aliphatic heterocycles. The van der Waals surface area contributed by atoms with Crippen molar-refractivity contribution in [2.45, 2.75) is 20.0 Å². The van der Waals surface area contributed by atoms with E-state index in [0.717, 1.165) is 23.8 Å². The van der Waals surface area contributed by atoms with E-state index in [1.54, 1.807) is 42.5 Å². The first-order chi connectivity index (χ1) is 13.3. The van der Waals surface area contributed by atoms with Gasteiger partial charge in [-0.15, -0.1) is 0 Å². The van der Waals surface area contributed by atoms with Crippen LogP contribution in [-0.2, 0) is 0 Å². The van der Waals surface area contributed by atoms with Gasteiger partial charge in [-0.05, 0) is 50.2 Å². The molecular weight excluding hydrogens is 367 g/mol. The summed E-state index contributed by atoms with van der Waals surface area (Å²) in [6, 6.07) is 15.2. The lowest BCUT2D eigenvalue weighted by Crippen LogP contribution is -2.33. The van der Waals surface area contributed by atoms with Crippen LogP contribution in [-0.4, -0.2) is 36.5 Å². The Balaban J connectivity index is 1.97. The average molecular weight is 387 g/mol. The SMILES string of the molecule is CCN(CC)c1ccc(N=C2C(=N)N(c3ccccc3)N=C2C(F)(F)F)cc1. The molecule has 3 rings (SSSR count). The van der Waals surface area contributed by atoms with Gasteiger partial charge >= 0.3 is 6.18 Å². The molecule has 0 bridgehead atoms. The minimum atomic E-state index is -4.71. The molecule has 2 aromatic rings. The van der Waals surface area contributed by atoms with Crippen LogP contribution in [0.3, 0.4) is 0 Å². The first-order valence-electron chi connectivity index (χ1n) is 8.89. The van der Waals surface area contributed by atoms with Gasteiger partial charge in [0, 0.05) is 18.8 Å². The van der Waals surface area contributed by atoms with Crippen molar-refractivity contribution < 1.29 is 13.2 Å². The molecule has 0 fully saturated rings. The highest BCUT2D eigenvalue weighted by Gasteiger charge is 2.46. The monoisotopic (exact) mass is 387 g/mol. The summed E-state index contributed by atoms with van der Waals surface area (Å²) in [6.45, 7) is 5.71. The lowest BCUT2D eigenvalue weighted by molar-refractivity contribution is -0.0565. The second kappa shape index (κ2) is 7.84. The summed E-state index contributed by atoms with van der Waals surface area (Å²) in [5.74, 6) is -0.411. The second-order valence-electron chi connectivity index (χ2n) is 6.09. The number of para-hydroxylation sites is 1. The summed E-state index contributed by atoms with van der Waals surface area (Å²) in [5, 5.41) is 12.8. The van der Waals surface area contributed by atoms with Gasteiger partial charge in [0.1, 0.15) is 5.71 Å². The number of hydrazone groups is 1. The summed E-state index contributed by atoms with van der Waals surface area (Å²) >= 11 is 0. The topological polar surface area (TPSA) is 55.1 Å². The fraction of sp³-hybridized carbons (Fsp3) is 0.250. The smallest absolute Gasteiger partial charge is 0.372 e. The molecule has 28 heavy (non-hydrogen) atoms. The number of anilines is 2. The van der Waals surface area contributed by atoms with Crippen LogP contribution in [0.25, 0.3) is 0 Å². The second-order valence-corrected chi connectivity index (χ2v) is 6.09. The molecular formula is C20H20F3N5. The number of hydrogen-bond acceptors (Lipinski definition) is 4. The molecule has 1 N–H and O–H groups in total. The van der Waals surface area contributed by atoms with E-state index in [1.165, 1.54) is 0 Å². The number of halogens is 3. The minimum absolute atomic E-state index is 0.336. The highest BCUT2D eigenvalue weighted by atomic mass is 19.4. The van der Waals surface area contributed by atoms with E-state index in [9.17, 15) is 13.2 Å². The molecule has 146 valence electrons. The van der Waals surface area contributed by atoms with Crippen molar-refractivity contribution in [2.75, 3.05) is 23.0 Å². The fourth-order valence-corrected chi connectivity index (χ4v) is 2.92. The maximum Gasteiger partial charge on any atom is 0.437 e. The quantitative estimate of drug-likeness (QED) is 0.783. The van der Waals surface area contributed by atoms with Crippen LogP contribution in [0.15, 0.2) is 64.7 Å². The summed E-state index contributed by atoms with van der Waals surface area (Å²) < 4.78 is 40.5. The molecule has 0 amide bonds. The largest absolute Gasteiger partial charge is 0.437 e. The van der Waals surface area contributed by atoms with E-state index in [4.69, 9.17) is 5.41 Å². The van der Waals surface area contributed by atoms with Crippen molar-refractivity contribution in [3.05, 3.63) is 54.6 Å². The molecule has 1 aliphatic rings. The molecule has 0 spiro atoms. The van der Waals surface area contributed by atoms with Crippen molar-refractivity contribution in [2.24, 2.45) is 10.1 Å². The molecule has 1 heterocycles. The normalized spacial score (nSPS) is 15.9. The van der Waals surface area contributed by atoms with E-state index < -0.39 is 23.4 Å². The molecule has 0 radical (unpaired) electrons. The van der Waals surface area contributed by atoms with Crippen LogP contribution < -0.4 is 9.91 Å². The number of benzene rings is 2. The molecule has 0 saturated carbocycles. The Morgan fingerprint density at radius 1 is 1.00 bits per heavy atom. The number of hydrogen-bond donors (Lipinski definition) is 1. The van der Waals surface area contributed by atoms with Gasteiger partial charge in [0.05, 0.1) is 11.4 Å². The van der Waals surface area contributed by atoms with Crippen LogP contribution in [0.4, 0.5) is 30.2 Å². The van der Waals surface area contributed by atoms with Crippen LogP contribution in [0.5, 0.6) is 0 Å². The highest BCUT2D eigenvalue weighted by Crippen LogP contribution is 2.29. The van der Waals surface area contributed by atoms with Gasteiger partial charge in [-0.2, -0.15) is 18.3 Å². The van der Waals surface area contributed by atoms with E-state index >= 15 is 0 Å². The summed E-state index contributed by atoms with van der Waals surface area (Å²) in [7, 11) is 0. The van der Waals surface area contributed by atoms with E-state index in [2.05, 4.69) is 15.0 Å². The van der Waals surface area contributed by atoms with Crippen molar-refractivity contribution >= 4 is 34.3 Å². The van der Waals surface area contributed by atoms with Crippen molar-refractivity contribution in [3.63, 3.8) is 0 Å². The number of alkyl halides is 3. The Labute approximate surface area is 161 Å². The van der Waals surface area contributed by atoms with E-state index in [0.29, 0.717) is 11.4 Å². The number of amidine groups is 1. The zero-order valence-electron chi connectivity index (χ0n) is 15.5. The van der Waals surface area contributed by atoms with Gasteiger partial charge in [0.2, 0.25) is 0 Å². The summed E-state index contributed by atoms with van der Waals surface area (Å²) in [5.41, 5.74) is 0.00559. The van der Waals surface area contributed by atoms with Gasteiger partial charge in [0.25, 0.3) is 0 Å². The van der Waals surface area contributed by atoms with Gasteiger partial charge < -0.3 is 4.90 Å². The summed E-state index contributed by atoms with van der Waals surface area (Å²) in [6.07, 6.45) is -4.71. The Morgan fingerprint density at radius 2 is 1.61 bits per heavy atom. The Kier molecular flexibility index (Phi) is 5.48. The van der Waals surface area contributed by atoms with Gasteiger partial charge in [-0.3, -0.25) is 5.41 Å². The number of nitrogens with zero attached hydrogens (tertiary/aromatic N) is 4. The van der Waals surface area contributed by atoms with Crippen LogP contribution in [0.1, 0.15) is 13.8 Å². The Morgan fingerprint density at radius 3 is 2.14 bits per heavy atom. The lowest BCUT2D eigenvalue weighted by Gasteiger charge is -2.20. The van der Waals surface area contributed by atoms with Crippen LogP contribution in [0.2, 0.25) is 0 Å². The molecule has 2 aromatic carbocycles. The third-order valence-electron chi connectivity index (χ3n) is 4.35. The fourth-order valence-electron chi connectivity index (χ4n) is 2.92. The van der Waals surface area contributed by atoms with Crippen LogP contribution >= 0.6 is 0 Å². The molecule has 0 atom stereocenters. The maximum absolute atomic E-state index is 13.5. The highest BCUT2D eigenvalue weighted by molar-refractivity contribution is 6.73. The average Bonchev–Trinajstić information content (AvgIpc) is 3.01. The molecule has 0 saturated heterocycles. The van der Waals surface area contributed by atoms with Crippen molar-refractivity contribution in [3.8, 4) is 0 Å². The zero-order chi connectivity index (χ0) is 20.3. The number of rotatable bonds is 5. The zero-order valence-corrected chi connectivity index (χ0v) is 15.5. The molecule has 0 aliphatic carbocycles. The summed E-state index contributed by atoms with van der Waals surface area (Å²) in [4.78, 5) is 6.22. The first kappa shape index (κ1) is 19.6. The number of nitrogens with one attached hydrogen (secondary N) is 1. The van der Waals surface area contributed by atoms with Gasteiger partial charge in [-0.1, -0.05) is 18.2 Å². The van der Waals surface area contributed by atoms with Gasteiger partial charge in [0.15, 0.2) is 11.5 Å². The first-order valence-corrected chi connectivity index (χ1v) is 8.89. The Hall–Kier alpha value is -3.16. The molecule has 8 heteroatoms. The maximum atomic E-state index is 13.5. The van der Waals surface area contributed by atoms with E-state index in [1.807, 2.05) is 26.0 Å². The van der Waals surface area contributed by atoms with E-state index in [-0.39, 0.29) is 0 Å². The lowest BCUT2D eigenvalue weighted by atomic mass is 10.2. The molecule has 0 aromatic heterocycles. The van der Waals surface area contributed by atoms with Gasteiger partial charge in [-0.25, -0.2) is 10.0 Å². The number of aliphatic imine (C=N–C) groups is 1.